The van der Waals surface area contributed by atoms with Gasteiger partial charge in [0.15, 0.2) is 40.1 Å². The maximum Gasteiger partial charge on any atom is 0.341 e. The van der Waals surface area contributed by atoms with Gasteiger partial charge in [0.2, 0.25) is 0 Å². The number of carboxylic acid groups (broad SMARTS) is 3. The molecule has 0 bridgehead atoms. The normalized spacial score (nSPS) is 10.8. The van der Waals surface area contributed by atoms with E-state index in [2.05, 4.69) is 65.1 Å². The lowest BCUT2D eigenvalue weighted by molar-refractivity contribution is -0.139. The van der Waals surface area contributed by atoms with Crippen LogP contribution in [0.1, 0.15) is 40.2 Å². The third-order valence-electron chi connectivity index (χ3n) is 13.6. The van der Waals surface area contributed by atoms with E-state index < -0.39 is 24.5 Å². The largest absolute Gasteiger partial charge is 0.493 e. The summed E-state index contributed by atoms with van der Waals surface area (Å²) < 4.78 is 22.6. The molecule has 6 aromatic carbocycles. The molecule has 0 fully saturated rings. The van der Waals surface area contributed by atoms with Crippen LogP contribution in [0, 0.1) is 0 Å². The number of aryl methyl sites for hydroxylation is 1. The Bertz CT molecular complexity index is 4540. The van der Waals surface area contributed by atoms with Crippen LogP contribution in [0.15, 0.2) is 161 Å². The maximum absolute atomic E-state index is 12.3. The molecule has 6 aromatic heterocycles. The minimum absolute atomic E-state index is 0. The van der Waals surface area contributed by atoms with Crippen molar-refractivity contribution in [3.8, 4) is 90.5 Å². The van der Waals surface area contributed by atoms with Crippen molar-refractivity contribution in [3.63, 3.8) is 0 Å². The molecule has 0 aliphatic carbocycles. The molecule has 0 saturated heterocycles. The van der Waals surface area contributed by atoms with Gasteiger partial charge in [0.1, 0.15) is 47.0 Å². The van der Waals surface area contributed by atoms with Gasteiger partial charge in [-0.2, -0.15) is 0 Å². The fourth-order valence-electron chi connectivity index (χ4n) is 9.43. The number of aromatic nitrogens is 12. The summed E-state index contributed by atoms with van der Waals surface area (Å²) in [5.41, 5.74) is 10.2. The second-order valence-corrected chi connectivity index (χ2v) is 19.6. The highest BCUT2D eigenvalue weighted by molar-refractivity contribution is 5.81. The van der Waals surface area contributed by atoms with Crippen molar-refractivity contribution in [2.24, 2.45) is 0 Å². The molecule has 26 nitrogen and oxygen atoms in total. The lowest BCUT2D eigenvalue weighted by atomic mass is 9.99. The molecule has 0 aliphatic rings. The summed E-state index contributed by atoms with van der Waals surface area (Å²) in [6.07, 6.45) is 4.83. The Morgan fingerprint density at radius 3 is 1.25 bits per heavy atom. The number of imidazole rings is 3. The first kappa shape index (κ1) is 63.3. The number of carbonyl (C=O) groups is 3. The average Bonchev–Trinajstić information content (AvgIpc) is 2.68. The standard InChI is InChI=1S/C22H20N4O4.C21H19N5O4.C21H18N4O5.CH4/c1-2-30-17-11-15(14-5-3-4-13(10-14)6-9-18(27)28)7-8-16(17)20-25-21-19(22(29)26-20)23-12-24-21;1-2-30-16-9-13(12-3-6-14(7-4-12)22-10-17(27)28)5-8-15(16)19-25-20-18(21(29)26-19)23-11-24-20;1-2-29-16-9-13(12-3-6-14(7-4-12)30-10-17(26)27)5-8-15(16)19-24-20-18(21(28)25-19)22-11-23-20;/h3-5,7-8,10-12H,2,6,9H2,1H3,(H,27,28)(H2,23,24,25,26,29);3-9,11,22H,2,10H2,1H3,(H,27,28)(H2,23,24,25,26,29);3-9,11H,2,10H2,1H3,(H,26,27)(H2,22,23,24,25,28);1H4. The number of aromatic amines is 6. The molecule has 0 unspecified atom stereocenters. The molecule has 26 heteroatoms. The number of rotatable bonds is 21. The number of fused-ring (bicyclic) bond motifs is 3. The Balaban J connectivity index is 0.000000161. The molecule has 0 atom stereocenters. The quantitative estimate of drug-likeness (QED) is 0.0320. The number of nitrogens with one attached hydrogen (secondary N) is 7. The van der Waals surface area contributed by atoms with Gasteiger partial charge >= 0.3 is 17.9 Å². The van der Waals surface area contributed by atoms with Gasteiger partial charge in [-0.3, -0.25) is 24.0 Å². The van der Waals surface area contributed by atoms with Gasteiger partial charge < -0.3 is 69.5 Å². The van der Waals surface area contributed by atoms with Crippen molar-refractivity contribution in [3.05, 3.63) is 183 Å². The summed E-state index contributed by atoms with van der Waals surface area (Å²) in [6.45, 7) is 6.43. The van der Waals surface area contributed by atoms with Crippen LogP contribution in [0.2, 0.25) is 0 Å². The lowest BCUT2D eigenvalue weighted by Gasteiger charge is -2.12. The van der Waals surface area contributed by atoms with Crippen molar-refractivity contribution in [2.75, 3.05) is 38.3 Å². The van der Waals surface area contributed by atoms with Crippen molar-refractivity contribution in [1.82, 2.24) is 59.8 Å². The predicted molar refractivity (Wildman–Crippen MR) is 342 cm³/mol. The molecule has 0 aliphatic heterocycles. The number of anilines is 1. The summed E-state index contributed by atoms with van der Waals surface area (Å²) in [5.74, 6) is 0.561. The number of benzene rings is 6. The van der Waals surface area contributed by atoms with Crippen molar-refractivity contribution >= 4 is 57.1 Å². The molecule has 10 N–H and O–H groups in total. The summed E-state index contributed by atoms with van der Waals surface area (Å²) in [5, 5.41) is 29.2. The molecule has 12 rings (SSSR count). The van der Waals surface area contributed by atoms with Gasteiger partial charge in [0.25, 0.3) is 16.7 Å². The van der Waals surface area contributed by atoms with Crippen molar-refractivity contribution < 1.29 is 48.7 Å². The molecule has 0 saturated carbocycles. The third kappa shape index (κ3) is 15.3. The fraction of sp³-hybridized carbons (Fsp3) is 0.169. The molecular formula is C65H61N13O13. The highest BCUT2D eigenvalue weighted by Gasteiger charge is 2.18. The minimum atomic E-state index is -1.03. The van der Waals surface area contributed by atoms with Crippen LogP contribution in [0.25, 0.3) is 101 Å². The van der Waals surface area contributed by atoms with E-state index in [-0.39, 0.29) is 37.1 Å². The summed E-state index contributed by atoms with van der Waals surface area (Å²) >= 11 is 0. The van der Waals surface area contributed by atoms with Gasteiger partial charge in [0.05, 0.1) is 55.5 Å². The zero-order chi connectivity index (χ0) is 63.3. The number of H-pyrrole nitrogens is 6. The van der Waals surface area contributed by atoms with Crippen LogP contribution in [0.4, 0.5) is 5.69 Å². The first-order valence-electron chi connectivity index (χ1n) is 28.1. The summed E-state index contributed by atoms with van der Waals surface area (Å²) in [4.78, 5) is 111. The molecule has 464 valence electrons. The molecular weight excluding hydrogens is 1170 g/mol. The molecule has 0 radical (unpaired) electrons. The van der Waals surface area contributed by atoms with Crippen LogP contribution >= 0.6 is 0 Å². The lowest BCUT2D eigenvalue weighted by Crippen LogP contribution is -2.12. The Labute approximate surface area is 516 Å². The van der Waals surface area contributed by atoms with E-state index in [1.54, 1.807) is 12.1 Å². The van der Waals surface area contributed by atoms with E-state index in [1.165, 1.54) is 19.0 Å². The minimum Gasteiger partial charge on any atom is -0.493 e. The second-order valence-electron chi connectivity index (χ2n) is 19.6. The number of hydrogen-bond acceptors (Lipinski definition) is 17. The second kappa shape index (κ2) is 29.0. The number of hydrogen-bond donors (Lipinski definition) is 10. The summed E-state index contributed by atoms with van der Waals surface area (Å²) in [7, 11) is 0. The van der Waals surface area contributed by atoms with Crippen LogP contribution < -0.4 is 40.9 Å². The first-order chi connectivity index (χ1) is 43.6. The first-order valence-corrected chi connectivity index (χ1v) is 28.1. The van der Waals surface area contributed by atoms with Crippen LogP contribution in [0.3, 0.4) is 0 Å². The highest BCUT2D eigenvalue weighted by atomic mass is 16.5. The molecule has 12 aromatic rings. The van der Waals surface area contributed by atoms with Gasteiger partial charge in [0, 0.05) is 12.1 Å². The Morgan fingerprint density at radius 1 is 0.462 bits per heavy atom. The van der Waals surface area contributed by atoms with E-state index in [4.69, 9.17) is 34.3 Å². The van der Waals surface area contributed by atoms with E-state index in [1.807, 2.05) is 136 Å². The van der Waals surface area contributed by atoms with Crippen molar-refractivity contribution in [1.29, 1.82) is 0 Å². The van der Waals surface area contributed by atoms with Gasteiger partial charge in [-0.1, -0.05) is 74.2 Å². The smallest absolute Gasteiger partial charge is 0.341 e. The SMILES string of the molecule is C.CCOc1cc(-c2ccc(NCC(=O)O)cc2)ccc1-c1nc2nc[nH]c2c(=O)[nH]1.CCOc1cc(-c2ccc(OCC(=O)O)cc2)ccc1-c1nc2nc[nH]c2c(=O)[nH]1.CCOc1cc(-c2cccc(CCC(=O)O)c2)ccc1-c1nc2nc[nH]c2c(=O)[nH]1. The number of carboxylic acids is 3. The average molecular weight is 1230 g/mol. The van der Waals surface area contributed by atoms with E-state index in [9.17, 15) is 28.8 Å². The molecule has 6 heterocycles. The summed E-state index contributed by atoms with van der Waals surface area (Å²) in [6, 6.07) is 39.1. The van der Waals surface area contributed by atoms with Crippen LogP contribution in [-0.4, -0.2) is 126 Å². The number of ether oxygens (including phenoxy) is 4. The molecule has 0 spiro atoms. The van der Waals surface area contributed by atoms with Gasteiger partial charge in [-0.15, -0.1) is 0 Å². The van der Waals surface area contributed by atoms with Gasteiger partial charge in [-0.05, 0) is 127 Å². The van der Waals surface area contributed by atoms with E-state index in [0.717, 1.165) is 44.6 Å². The van der Waals surface area contributed by atoms with Crippen molar-refractivity contribution in [2.45, 2.75) is 41.0 Å². The van der Waals surface area contributed by atoms with Gasteiger partial charge in [-0.25, -0.2) is 34.7 Å². The molecule has 0 amide bonds. The topological polar surface area (TPSA) is 384 Å². The highest BCUT2D eigenvalue weighted by Crippen LogP contribution is 2.37. The Morgan fingerprint density at radius 2 is 0.857 bits per heavy atom. The Kier molecular flexibility index (Phi) is 20.2. The maximum atomic E-state index is 12.3. The van der Waals surface area contributed by atoms with Crippen LogP contribution in [0.5, 0.6) is 23.0 Å². The van der Waals surface area contributed by atoms with E-state index in [0.29, 0.717) is 117 Å². The zero-order valence-corrected chi connectivity index (χ0v) is 48.4. The third-order valence-corrected chi connectivity index (χ3v) is 13.6. The molecule has 91 heavy (non-hydrogen) atoms. The predicted octanol–water partition coefficient (Wildman–Crippen LogP) is 9.75. The fourth-order valence-corrected chi connectivity index (χ4v) is 9.43. The monoisotopic (exact) mass is 1230 g/mol. The number of nitrogens with zero attached hydrogens (tertiary/aromatic N) is 6. The zero-order valence-electron chi connectivity index (χ0n) is 48.4. The van der Waals surface area contributed by atoms with E-state index >= 15 is 0 Å². The Hall–Kier alpha value is -12.2. The number of aliphatic carboxylic acids is 3. The van der Waals surface area contributed by atoms with Crippen LogP contribution in [-0.2, 0) is 20.8 Å².